The van der Waals surface area contributed by atoms with E-state index in [-0.39, 0.29) is 11.9 Å². The summed E-state index contributed by atoms with van der Waals surface area (Å²) >= 11 is 3.30. The highest BCUT2D eigenvalue weighted by Gasteiger charge is 2.20. The van der Waals surface area contributed by atoms with Crippen LogP contribution in [0.1, 0.15) is 40.9 Å². The van der Waals surface area contributed by atoms with Gasteiger partial charge in [0.15, 0.2) is 0 Å². The van der Waals surface area contributed by atoms with E-state index in [2.05, 4.69) is 50.9 Å². The van der Waals surface area contributed by atoms with Crippen molar-refractivity contribution in [2.45, 2.75) is 26.8 Å². The van der Waals surface area contributed by atoms with Gasteiger partial charge in [-0.25, -0.2) is 4.98 Å². The first-order valence-corrected chi connectivity index (χ1v) is 10.6. The second kappa shape index (κ2) is 8.62. The SMILES string of the molecule is CCN(CC)[C@@H](CNC(=O)c1cc(-c2csc(C)n2)c[nH]1)c1ccsc1. The maximum absolute atomic E-state index is 12.6. The monoisotopic (exact) mass is 388 g/mol. The summed E-state index contributed by atoms with van der Waals surface area (Å²) in [7, 11) is 0. The van der Waals surface area contributed by atoms with Gasteiger partial charge in [0.2, 0.25) is 0 Å². The molecule has 26 heavy (non-hydrogen) atoms. The molecular weight excluding hydrogens is 364 g/mol. The number of thiazole rings is 1. The number of nitrogens with one attached hydrogen (secondary N) is 2. The summed E-state index contributed by atoms with van der Waals surface area (Å²) in [5.41, 5.74) is 3.66. The van der Waals surface area contributed by atoms with Crippen molar-refractivity contribution in [3.63, 3.8) is 0 Å². The van der Waals surface area contributed by atoms with E-state index in [1.165, 1.54) is 5.56 Å². The van der Waals surface area contributed by atoms with E-state index in [9.17, 15) is 4.79 Å². The summed E-state index contributed by atoms with van der Waals surface area (Å²) < 4.78 is 0. The van der Waals surface area contributed by atoms with E-state index >= 15 is 0 Å². The number of amides is 1. The topological polar surface area (TPSA) is 61.0 Å². The van der Waals surface area contributed by atoms with Gasteiger partial charge >= 0.3 is 0 Å². The van der Waals surface area contributed by atoms with Gasteiger partial charge in [0.05, 0.1) is 16.7 Å². The lowest BCUT2D eigenvalue weighted by Gasteiger charge is -2.29. The Hall–Kier alpha value is -1.96. The van der Waals surface area contributed by atoms with Crippen molar-refractivity contribution in [3.05, 3.63) is 50.7 Å². The fourth-order valence-electron chi connectivity index (χ4n) is 3.04. The lowest BCUT2D eigenvalue weighted by molar-refractivity contribution is 0.0930. The third-order valence-corrected chi connectivity index (χ3v) is 5.95. The van der Waals surface area contributed by atoms with Crippen molar-refractivity contribution >= 4 is 28.6 Å². The first kappa shape index (κ1) is 18.8. The molecule has 3 heterocycles. The summed E-state index contributed by atoms with van der Waals surface area (Å²) in [5.74, 6) is -0.0874. The molecule has 7 heteroatoms. The zero-order valence-electron chi connectivity index (χ0n) is 15.3. The van der Waals surface area contributed by atoms with Crippen LogP contribution in [0.5, 0.6) is 0 Å². The lowest BCUT2D eigenvalue weighted by Crippen LogP contribution is -2.38. The molecule has 3 aromatic heterocycles. The standard InChI is InChI=1S/C19H24N4OS2/c1-4-23(5-2)18(14-6-7-25-11-14)10-21-19(24)16-8-15(9-20-16)17-12-26-13(3)22-17/h6-9,11-12,18,20H,4-5,10H2,1-3H3,(H,21,24)/t18-/m0/s1. The number of rotatable bonds is 8. The van der Waals surface area contributed by atoms with Crippen LogP contribution >= 0.6 is 22.7 Å². The zero-order chi connectivity index (χ0) is 18.5. The number of aryl methyl sites for hydroxylation is 1. The second-order valence-electron chi connectivity index (χ2n) is 6.06. The molecular formula is C19H24N4OS2. The van der Waals surface area contributed by atoms with Crippen molar-refractivity contribution in [2.75, 3.05) is 19.6 Å². The molecule has 0 radical (unpaired) electrons. The molecule has 0 bridgehead atoms. The quantitative estimate of drug-likeness (QED) is 0.604. The normalized spacial score (nSPS) is 12.5. The summed E-state index contributed by atoms with van der Waals surface area (Å²) in [6, 6.07) is 4.19. The predicted molar refractivity (Wildman–Crippen MR) is 109 cm³/mol. The van der Waals surface area contributed by atoms with Gasteiger partial charge in [-0.05, 0) is 48.5 Å². The Bertz CT molecular complexity index is 833. The zero-order valence-corrected chi connectivity index (χ0v) is 16.9. The fraction of sp³-hybridized carbons (Fsp3) is 0.368. The third kappa shape index (κ3) is 4.23. The lowest BCUT2D eigenvalue weighted by atomic mass is 10.1. The molecule has 0 saturated heterocycles. The Morgan fingerprint density at radius 2 is 2.15 bits per heavy atom. The number of thiophene rings is 1. The smallest absolute Gasteiger partial charge is 0.267 e. The Labute approximate surface area is 162 Å². The van der Waals surface area contributed by atoms with E-state index in [1.54, 1.807) is 22.7 Å². The van der Waals surface area contributed by atoms with Crippen LogP contribution in [0.4, 0.5) is 0 Å². The molecule has 1 atom stereocenters. The van der Waals surface area contributed by atoms with Crippen LogP contribution in [0.25, 0.3) is 11.3 Å². The highest BCUT2D eigenvalue weighted by Crippen LogP contribution is 2.24. The molecule has 0 unspecified atom stereocenters. The molecule has 2 N–H and O–H groups in total. The minimum Gasteiger partial charge on any atom is -0.357 e. The van der Waals surface area contributed by atoms with E-state index < -0.39 is 0 Å². The molecule has 0 aliphatic heterocycles. The van der Waals surface area contributed by atoms with Crippen molar-refractivity contribution in [1.29, 1.82) is 0 Å². The van der Waals surface area contributed by atoms with Crippen LogP contribution in [-0.2, 0) is 0 Å². The highest BCUT2D eigenvalue weighted by molar-refractivity contribution is 7.09. The number of likely N-dealkylation sites (N-methyl/N-ethyl adjacent to an activating group) is 1. The van der Waals surface area contributed by atoms with Gasteiger partial charge in [-0.2, -0.15) is 11.3 Å². The molecule has 138 valence electrons. The number of nitrogens with zero attached hydrogens (tertiary/aromatic N) is 2. The summed E-state index contributed by atoms with van der Waals surface area (Å²) in [5, 5.41) is 10.4. The fourth-order valence-corrected chi connectivity index (χ4v) is 4.37. The average molecular weight is 389 g/mol. The summed E-state index contributed by atoms with van der Waals surface area (Å²) in [4.78, 5) is 22.5. The number of hydrogen-bond acceptors (Lipinski definition) is 5. The number of carbonyl (C=O) groups is 1. The summed E-state index contributed by atoms with van der Waals surface area (Å²) in [6.07, 6.45) is 1.84. The van der Waals surface area contributed by atoms with Crippen LogP contribution in [0.2, 0.25) is 0 Å². The van der Waals surface area contributed by atoms with Gasteiger partial charge < -0.3 is 10.3 Å². The van der Waals surface area contributed by atoms with Gasteiger partial charge in [-0.1, -0.05) is 13.8 Å². The van der Waals surface area contributed by atoms with Crippen LogP contribution in [0, 0.1) is 6.92 Å². The van der Waals surface area contributed by atoms with Crippen LogP contribution in [0.3, 0.4) is 0 Å². The van der Waals surface area contributed by atoms with Gasteiger partial charge in [0, 0.05) is 23.7 Å². The Balaban J connectivity index is 1.68. The number of aromatic nitrogens is 2. The van der Waals surface area contributed by atoms with Gasteiger partial charge in [-0.3, -0.25) is 9.69 Å². The highest BCUT2D eigenvalue weighted by atomic mass is 32.1. The molecule has 3 rings (SSSR count). The van der Waals surface area contributed by atoms with Crippen molar-refractivity contribution in [1.82, 2.24) is 20.2 Å². The number of hydrogen-bond donors (Lipinski definition) is 2. The molecule has 1 amide bonds. The molecule has 0 aliphatic rings. The second-order valence-corrected chi connectivity index (χ2v) is 7.90. The first-order valence-electron chi connectivity index (χ1n) is 8.77. The van der Waals surface area contributed by atoms with Crippen molar-refractivity contribution < 1.29 is 4.79 Å². The summed E-state index contributed by atoms with van der Waals surface area (Å²) in [6.45, 7) is 8.76. The minimum atomic E-state index is -0.0874. The van der Waals surface area contributed by atoms with E-state index in [4.69, 9.17) is 0 Å². The number of carbonyl (C=O) groups excluding carboxylic acids is 1. The number of H-pyrrole nitrogens is 1. The average Bonchev–Trinajstić information content (AvgIpc) is 3.38. The van der Waals surface area contributed by atoms with Crippen molar-refractivity contribution in [2.24, 2.45) is 0 Å². The third-order valence-electron chi connectivity index (χ3n) is 4.48. The molecule has 5 nitrogen and oxygen atoms in total. The van der Waals surface area contributed by atoms with E-state index in [1.807, 2.05) is 24.6 Å². The number of aromatic amines is 1. The Morgan fingerprint density at radius 1 is 1.35 bits per heavy atom. The molecule has 0 fully saturated rings. The Kier molecular flexibility index (Phi) is 6.24. The molecule has 0 saturated carbocycles. The van der Waals surface area contributed by atoms with Gasteiger partial charge in [0.1, 0.15) is 5.69 Å². The van der Waals surface area contributed by atoms with Gasteiger partial charge in [0.25, 0.3) is 5.91 Å². The van der Waals surface area contributed by atoms with Crippen LogP contribution < -0.4 is 5.32 Å². The molecule has 0 aromatic carbocycles. The maximum Gasteiger partial charge on any atom is 0.267 e. The van der Waals surface area contributed by atoms with E-state index in [0.717, 1.165) is 29.4 Å². The minimum absolute atomic E-state index is 0.0874. The molecule has 3 aromatic rings. The van der Waals surface area contributed by atoms with Gasteiger partial charge in [-0.15, -0.1) is 11.3 Å². The molecule has 0 aliphatic carbocycles. The first-order chi connectivity index (χ1) is 12.6. The van der Waals surface area contributed by atoms with Crippen LogP contribution in [0.15, 0.2) is 34.5 Å². The molecule has 0 spiro atoms. The van der Waals surface area contributed by atoms with Crippen LogP contribution in [-0.4, -0.2) is 40.4 Å². The predicted octanol–water partition coefficient (Wildman–Crippen LogP) is 4.32. The van der Waals surface area contributed by atoms with Crippen molar-refractivity contribution in [3.8, 4) is 11.3 Å². The largest absolute Gasteiger partial charge is 0.357 e. The maximum atomic E-state index is 12.6. The van der Waals surface area contributed by atoms with E-state index in [0.29, 0.717) is 12.2 Å². The Morgan fingerprint density at radius 3 is 2.77 bits per heavy atom.